The van der Waals surface area contributed by atoms with Gasteiger partial charge in [0.05, 0.1) is 28.9 Å². The third kappa shape index (κ3) is 8.07. The lowest BCUT2D eigenvalue weighted by atomic mass is 9.79. The summed E-state index contributed by atoms with van der Waals surface area (Å²) < 4.78 is 6.07. The Morgan fingerprint density at radius 3 is 2.50 bits per heavy atom. The molecule has 0 bridgehead atoms. The zero-order valence-electron chi connectivity index (χ0n) is 20.6. The second-order valence-electron chi connectivity index (χ2n) is 10.1. The molecule has 4 rings (SSSR count). The van der Waals surface area contributed by atoms with Gasteiger partial charge in [-0.25, -0.2) is 0 Å². The number of ether oxygens (including phenoxy) is 1. The summed E-state index contributed by atoms with van der Waals surface area (Å²) in [5.74, 6) is 2.08. The molecule has 192 valence electrons. The van der Waals surface area contributed by atoms with Gasteiger partial charge in [-0.15, -0.1) is 0 Å². The molecule has 1 unspecified atom stereocenters. The first-order valence-corrected chi connectivity index (χ1v) is 13.7. The number of halogens is 2. The Balaban J connectivity index is 1.11. The van der Waals surface area contributed by atoms with Gasteiger partial charge in [-0.2, -0.15) is 0 Å². The van der Waals surface area contributed by atoms with Gasteiger partial charge in [-0.1, -0.05) is 41.3 Å². The van der Waals surface area contributed by atoms with Crippen molar-refractivity contribution >= 4 is 34.9 Å². The standard InChI is InChI=1S/C29H34Cl2N2O3/c30-27-14-11-23(17-28(27)31)29(35)33-18-24(34)16-22-7-5-20(6-8-22)3-4-21-9-12-25(13-10-21)36-26-2-1-15-32-19-26/h1-2,7,11,14-15,17,19-21,25H,3-6,8-10,12-13,16,18H2,(H,33,35). The van der Waals surface area contributed by atoms with E-state index < -0.39 is 0 Å². The van der Waals surface area contributed by atoms with E-state index in [0.29, 0.717) is 34.1 Å². The number of hydrogen-bond acceptors (Lipinski definition) is 4. The van der Waals surface area contributed by atoms with Crippen molar-refractivity contribution < 1.29 is 14.3 Å². The Labute approximate surface area is 223 Å². The van der Waals surface area contributed by atoms with Crippen LogP contribution in [0.1, 0.15) is 74.6 Å². The highest BCUT2D eigenvalue weighted by Crippen LogP contribution is 2.34. The number of carbonyl (C=O) groups is 2. The van der Waals surface area contributed by atoms with Crippen LogP contribution in [0.5, 0.6) is 5.75 Å². The molecular weight excluding hydrogens is 495 g/mol. The number of aromatic nitrogens is 1. The van der Waals surface area contributed by atoms with Gasteiger partial charge >= 0.3 is 0 Å². The van der Waals surface area contributed by atoms with Gasteiger partial charge < -0.3 is 10.1 Å². The molecule has 1 N–H and O–H groups in total. The molecule has 1 saturated carbocycles. The number of allylic oxidation sites excluding steroid dienone is 2. The molecule has 2 aromatic rings. The summed E-state index contributed by atoms with van der Waals surface area (Å²) in [5.41, 5.74) is 1.60. The smallest absolute Gasteiger partial charge is 0.251 e. The van der Waals surface area contributed by atoms with E-state index in [4.69, 9.17) is 27.9 Å². The average molecular weight is 530 g/mol. The van der Waals surface area contributed by atoms with Crippen molar-refractivity contribution in [3.8, 4) is 5.75 Å². The number of nitrogens with zero attached hydrogens (tertiary/aromatic N) is 1. The minimum atomic E-state index is -0.322. The van der Waals surface area contributed by atoms with Crippen LogP contribution in [-0.2, 0) is 4.79 Å². The Morgan fingerprint density at radius 2 is 1.81 bits per heavy atom. The molecule has 1 aromatic heterocycles. The number of ketones is 1. The lowest BCUT2D eigenvalue weighted by Crippen LogP contribution is -2.29. The van der Waals surface area contributed by atoms with Crippen LogP contribution < -0.4 is 10.1 Å². The number of benzene rings is 1. The third-order valence-corrected chi connectivity index (χ3v) is 8.12. The van der Waals surface area contributed by atoms with E-state index >= 15 is 0 Å². The maximum Gasteiger partial charge on any atom is 0.251 e. The highest BCUT2D eigenvalue weighted by molar-refractivity contribution is 6.42. The van der Waals surface area contributed by atoms with Crippen LogP contribution in [0.4, 0.5) is 0 Å². The first-order chi connectivity index (χ1) is 17.5. The van der Waals surface area contributed by atoms with E-state index in [9.17, 15) is 9.59 Å². The average Bonchev–Trinajstić information content (AvgIpc) is 2.90. The Bertz CT molecular complexity index is 1070. The zero-order chi connectivity index (χ0) is 25.3. The van der Waals surface area contributed by atoms with Gasteiger partial charge in [0.2, 0.25) is 0 Å². The molecule has 1 fully saturated rings. The molecule has 5 nitrogen and oxygen atoms in total. The fourth-order valence-corrected chi connectivity index (χ4v) is 5.52. The van der Waals surface area contributed by atoms with Crippen molar-refractivity contribution in [1.82, 2.24) is 10.3 Å². The van der Waals surface area contributed by atoms with E-state index in [-0.39, 0.29) is 18.2 Å². The second-order valence-corrected chi connectivity index (χ2v) is 10.9. The van der Waals surface area contributed by atoms with Gasteiger partial charge in [0.1, 0.15) is 5.75 Å². The minimum Gasteiger partial charge on any atom is -0.489 e. The number of hydrogen-bond donors (Lipinski definition) is 1. The maximum absolute atomic E-state index is 12.4. The van der Waals surface area contributed by atoms with Crippen LogP contribution in [0.3, 0.4) is 0 Å². The molecule has 1 aromatic carbocycles. The number of Topliss-reactive ketones (excluding diaryl/α,β-unsaturated/α-hetero) is 1. The van der Waals surface area contributed by atoms with Crippen LogP contribution in [0.2, 0.25) is 10.0 Å². The lowest BCUT2D eigenvalue weighted by molar-refractivity contribution is -0.117. The van der Waals surface area contributed by atoms with Crippen molar-refractivity contribution in [3.63, 3.8) is 0 Å². The summed E-state index contributed by atoms with van der Waals surface area (Å²) >= 11 is 11.9. The topological polar surface area (TPSA) is 68.3 Å². The van der Waals surface area contributed by atoms with Crippen molar-refractivity contribution in [3.05, 3.63) is 70.0 Å². The predicted molar refractivity (Wildman–Crippen MR) is 144 cm³/mol. The number of carbonyl (C=O) groups excluding carboxylic acids is 2. The number of pyridine rings is 1. The highest BCUT2D eigenvalue weighted by atomic mass is 35.5. The molecule has 2 aliphatic carbocycles. The largest absolute Gasteiger partial charge is 0.489 e. The zero-order valence-corrected chi connectivity index (χ0v) is 22.1. The maximum atomic E-state index is 12.4. The molecule has 7 heteroatoms. The first-order valence-electron chi connectivity index (χ1n) is 13.0. The van der Waals surface area contributed by atoms with Gasteiger partial charge in [-0.05, 0) is 93.5 Å². The summed E-state index contributed by atoms with van der Waals surface area (Å²) in [5, 5.41) is 3.40. The van der Waals surface area contributed by atoms with E-state index in [2.05, 4.69) is 16.4 Å². The van der Waals surface area contributed by atoms with Gasteiger partial charge in [0.25, 0.3) is 5.91 Å². The Hall–Kier alpha value is -2.37. The fourth-order valence-electron chi connectivity index (χ4n) is 5.22. The van der Waals surface area contributed by atoms with E-state index in [0.717, 1.165) is 43.8 Å². The minimum absolute atomic E-state index is 0.0209. The van der Waals surface area contributed by atoms with Crippen molar-refractivity contribution in [2.45, 2.75) is 70.3 Å². The monoisotopic (exact) mass is 528 g/mol. The highest BCUT2D eigenvalue weighted by Gasteiger charge is 2.24. The van der Waals surface area contributed by atoms with E-state index in [1.54, 1.807) is 24.5 Å². The molecule has 36 heavy (non-hydrogen) atoms. The SMILES string of the molecule is O=C(CNC(=O)c1ccc(Cl)c(Cl)c1)CC1=CCC(CCC2CCC(Oc3cccnc3)CC2)CC1. The van der Waals surface area contributed by atoms with Gasteiger partial charge in [-0.3, -0.25) is 14.6 Å². The summed E-state index contributed by atoms with van der Waals surface area (Å²) in [6.07, 6.45) is 17.0. The molecule has 0 saturated heterocycles. The molecule has 2 aliphatic rings. The van der Waals surface area contributed by atoms with Crippen LogP contribution in [0, 0.1) is 11.8 Å². The predicted octanol–water partition coefficient (Wildman–Crippen LogP) is 7.22. The molecule has 1 amide bonds. The first kappa shape index (κ1) is 26.7. The van der Waals surface area contributed by atoms with E-state index in [1.807, 2.05) is 12.1 Å². The molecule has 0 aliphatic heterocycles. The molecule has 0 radical (unpaired) electrons. The summed E-state index contributed by atoms with van der Waals surface area (Å²) in [4.78, 5) is 28.8. The number of nitrogens with one attached hydrogen (secondary N) is 1. The summed E-state index contributed by atoms with van der Waals surface area (Å²) in [6, 6.07) is 8.58. The second kappa shape index (κ2) is 13.3. The normalized spacial score (nSPS) is 21.9. The number of amides is 1. The molecule has 1 atom stereocenters. The van der Waals surface area contributed by atoms with Crippen LogP contribution in [0.15, 0.2) is 54.4 Å². The van der Waals surface area contributed by atoms with Crippen molar-refractivity contribution in [1.29, 1.82) is 0 Å². The fraction of sp³-hybridized carbons (Fsp3) is 0.483. The number of rotatable bonds is 10. The molecule has 1 heterocycles. The lowest BCUT2D eigenvalue weighted by Gasteiger charge is -2.30. The Morgan fingerprint density at radius 1 is 1.00 bits per heavy atom. The Kier molecular flexibility index (Phi) is 9.82. The van der Waals surface area contributed by atoms with Crippen LogP contribution >= 0.6 is 23.2 Å². The molecular formula is C29H34Cl2N2O3. The summed E-state index contributed by atoms with van der Waals surface area (Å²) in [6.45, 7) is 0.0209. The molecule has 0 spiro atoms. The quantitative estimate of drug-likeness (QED) is 0.330. The van der Waals surface area contributed by atoms with Crippen molar-refractivity contribution in [2.24, 2.45) is 11.8 Å². The van der Waals surface area contributed by atoms with E-state index in [1.165, 1.54) is 37.3 Å². The van der Waals surface area contributed by atoms with Crippen LogP contribution in [0.25, 0.3) is 0 Å². The van der Waals surface area contributed by atoms with Gasteiger partial charge in [0, 0.05) is 18.2 Å². The van der Waals surface area contributed by atoms with Crippen LogP contribution in [-0.4, -0.2) is 29.3 Å². The summed E-state index contributed by atoms with van der Waals surface area (Å²) in [7, 11) is 0. The van der Waals surface area contributed by atoms with Gasteiger partial charge in [0.15, 0.2) is 5.78 Å². The van der Waals surface area contributed by atoms with Crippen molar-refractivity contribution in [2.75, 3.05) is 6.54 Å². The third-order valence-electron chi connectivity index (χ3n) is 7.38.